The molecule has 0 bridgehead atoms. The summed E-state index contributed by atoms with van der Waals surface area (Å²) in [6, 6.07) is 87.3. The average Bonchev–Trinajstić information content (AvgIpc) is 1.46. The van der Waals surface area contributed by atoms with Gasteiger partial charge in [-0.3, -0.25) is 57.7 Å². The van der Waals surface area contributed by atoms with Crippen molar-refractivity contribution >= 4 is 210 Å². The van der Waals surface area contributed by atoms with E-state index in [4.69, 9.17) is 74.3 Å². The van der Waals surface area contributed by atoms with Gasteiger partial charge < -0.3 is 4.74 Å². The van der Waals surface area contributed by atoms with Crippen molar-refractivity contribution in [2.24, 2.45) is 0 Å². The molecule has 0 aliphatic heterocycles. The number of rotatable bonds is 29. The highest BCUT2D eigenvalue weighted by Crippen LogP contribution is 2.41. The lowest BCUT2D eigenvalue weighted by atomic mass is 10.0. The van der Waals surface area contributed by atoms with E-state index in [1.54, 1.807) is 202 Å². The Bertz CT molecular complexity index is 8280. The molecule has 0 atom stereocenters. The summed E-state index contributed by atoms with van der Waals surface area (Å²) < 4.78 is 176. The Morgan fingerprint density at radius 2 is 0.694 bits per heavy atom. The van der Waals surface area contributed by atoms with E-state index in [1.807, 2.05) is 13.0 Å². The normalized spacial score (nSPS) is 11.3. The number of anilines is 5. The first kappa shape index (κ1) is 109. The fourth-order valence-electron chi connectivity index (χ4n) is 14.0. The molecule has 15 aromatic carbocycles. The molecule has 736 valence electrons. The van der Waals surface area contributed by atoms with Gasteiger partial charge in [-0.15, -0.1) is 11.3 Å². The Morgan fingerprint density at radius 1 is 0.354 bits per heavy atom. The van der Waals surface area contributed by atoms with Crippen molar-refractivity contribution in [2.75, 3.05) is 37.8 Å². The molecule has 16 aromatic rings. The van der Waals surface area contributed by atoms with Crippen LogP contribution in [-0.2, 0) is 56.0 Å². The second-order valence-corrected chi connectivity index (χ2v) is 43.6. The van der Waals surface area contributed by atoms with Crippen LogP contribution < -0.4 is 28.3 Å². The lowest BCUT2D eigenvalue weighted by molar-refractivity contribution is -0.429. The van der Waals surface area contributed by atoms with Crippen LogP contribution in [0, 0.1) is 35.8 Å². The number of methoxy groups -OCH3 is 1. The van der Waals surface area contributed by atoms with Crippen molar-refractivity contribution in [3.8, 4) is 5.75 Å². The molecular formula is C104H80Cl6F2N7O19S6+. The number of para-hydroxylation sites is 1. The summed E-state index contributed by atoms with van der Waals surface area (Å²) in [7, 11) is -17.6. The second-order valence-electron chi connectivity index (χ2n) is 31.3. The molecule has 1 aromatic heterocycles. The predicted molar refractivity (Wildman–Crippen MR) is 559 cm³/mol. The third-order valence-electron chi connectivity index (χ3n) is 21.1. The van der Waals surface area contributed by atoms with Gasteiger partial charge in [0.15, 0.2) is 36.0 Å². The number of ether oxygens (including phenoxy) is 1. The molecule has 0 aliphatic carbocycles. The zero-order valence-corrected chi connectivity index (χ0v) is 85.5. The zero-order chi connectivity index (χ0) is 105. The summed E-state index contributed by atoms with van der Waals surface area (Å²) >= 11 is 37.4. The van der Waals surface area contributed by atoms with E-state index in [9.17, 15) is 89.9 Å². The molecule has 144 heavy (non-hydrogen) atoms. The average molecular weight is 2170 g/mol. The third-order valence-corrected chi connectivity index (χ3v) is 31.3. The molecule has 0 aliphatic rings. The number of nitro benzene ring substituents is 1. The maximum Gasteiger partial charge on any atom is 0.271 e. The number of nitro groups is 1. The number of aryl methyl sites for hydroxylation is 3. The van der Waals surface area contributed by atoms with E-state index in [2.05, 4.69) is 23.6 Å². The minimum Gasteiger partial charge on any atom is -0.496 e. The van der Waals surface area contributed by atoms with E-state index in [1.165, 1.54) is 129 Å². The number of sulfonamides is 5. The van der Waals surface area contributed by atoms with E-state index in [0.29, 0.717) is 70.9 Å². The summed E-state index contributed by atoms with van der Waals surface area (Å²) in [5, 5.41) is 13.6. The van der Waals surface area contributed by atoms with Gasteiger partial charge in [0.1, 0.15) is 9.96 Å². The number of halogens is 8. The van der Waals surface area contributed by atoms with E-state index >= 15 is 0 Å². The van der Waals surface area contributed by atoms with E-state index < -0.39 is 83.0 Å². The summed E-state index contributed by atoms with van der Waals surface area (Å²) in [5.41, 5.74) is 4.22. The van der Waals surface area contributed by atoms with Crippen LogP contribution >= 0.6 is 80.9 Å². The van der Waals surface area contributed by atoms with Gasteiger partial charge >= 0.3 is 0 Å². The monoisotopic (exact) mass is 2170 g/mol. The Balaban J connectivity index is 0.000000161. The molecule has 0 saturated carbocycles. The largest absolute Gasteiger partial charge is 0.496 e. The summed E-state index contributed by atoms with van der Waals surface area (Å²) in [6.07, 6.45) is 0. The zero-order valence-electron chi connectivity index (χ0n) is 76.0. The number of nitrogens with zero attached hydrogens (tertiary/aromatic N) is 2. The van der Waals surface area contributed by atoms with Crippen molar-refractivity contribution in [1.29, 1.82) is 0 Å². The maximum absolute atomic E-state index is 13.9. The van der Waals surface area contributed by atoms with Crippen LogP contribution in [0.4, 0.5) is 48.6 Å². The molecule has 0 unspecified atom stereocenters. The molecule has 40 heteroatoms. The number of fused-ring (bicyclic) bond motifs is 1. The van der Waals surface area contributed by atoms with Gasteiger partial charge in [-0.05, 0) is 195 Å². The first-order valence-electron chi connectivity index (χ1n) is 42.3. The molecule has 5 N–H and O–H groups in total. The maximum atomic E-state index is 13.9. The molecule has 0 fully saturated rings. The number of nitroso groups, excluding NO2 is 1. The number of non-ortho nitro benzene ring substituents is 1. The first-order chi connectivity index (χ1) is 68.1. The second kappa shape index (κ2) is 46.9. The Kier molecular flexibility index (Phi) is 35.3. The molecule has 16 rings (SSSR count). The fourth-order valence-corrected chi connectivity index (χ4v) is 22.6. The van der Waals surface area contributed by atoms with Crippen LogP contribution in [0.25, 0.3) is 10.1 Å². The summed E-state index contributed by atoms with van der Waals surface area (Å²) in [6.45, 7) is 5.88. The minimum absolute atomic E-state index is 0.00742. The molecule has 0 saturated heterocycles. The number of nitrogens with one attached hydrogen (secondary N) is 5. The van der Waals surface area contributed by atoms with Gasteiger partial charge in [-0.25, -0.2) is 50.9 Å². The number of carbonyl (C=O) groups is 5. The third kappa shape index (κ3) is 27.4. The van der Waals surface area contributed by atoms with E-state index in [0.717, 1.165) is 63.4 Å². The number of hydrogen-bond donors (Lipinski definition) is 5. The van der Waals surface area contributed by atoms with Crippen molar-refractivity contribution in [2.45, 2.75) is 57.4 Å². The molecule has 0 radical (unpaired) electrons. The molecule has 0 amide bonds. The minimum atomic E-state index is -4.40. The Labute approximate surface area is 861 Å². The van der Waals surface area contributed by atoms with Crippen molar-refractivity contribution in [3.63, 3.8) is 0 Å². The summed E-state index contributed by atoms with van der Waals surface area (Å²) in [5.74, 6) is -4.99. The van der Waals surface area contributed by atoms with Gasteiger partial charge in [0, 0.05) is 131 Å². The molecule has 0 spiro atoms. The van der Waals surface area contributed by atoms with Gasteiger partial charge in [0.25, 0.3) is 67.4 Å². The van der Waals surface area contributed by atoms with E-state index in [-0.39, 0.29) is 119 Å². The quantitative estimate of drug-likeness (QED) is 0.0126. The van der Waals surface area contributed by atoms with Gasteiger partial charge in [0.2, 0.25) is 0 Å². The molecule has 1 heterocycles. The number of ketones is 5. The van der Waals surface area contributed by atoms with Gasteiger partial charge in [-0.2, -0.15) is 0 Å². The first-order valence-corrected chi connectivity index (χ1v) is 52.8. The van der Waals surface area contributed by atoms with Gasteiger partial charge in [0.05, 0.1) is 65.6 Å². The standard InChI is InChI=1S/C22H15Cl2NO3S2.C21H16ClF2NO3S.C21H17ClN2O4S.C20H15ClN2O6S.C20H16ClNO3S/c1-13-17-11-16(24)8-10-20(17)29-22(13)30(27,28)25-19-9-7-15(23)12-18(19)21(26)14-5-3-2-4-6-14;1-21(23,24)17-9-5-6-10-19(17)29(27,28)25-18-12-11-15(22)13-16(18)20(26)14-7-3-2-4-8-14;1-14-8-10-17(13-20(14)24(2)26)29(27,28)23-19-11-9-16(22)12-18(19)21(25)15-6-4-3-5-7-15;1-29-19-5-3-2-4-16(19)20(24)17-12-13(21)6-11-18(17)22-30(27,28)15-9-7-14(8-10-15)23(25)26;1-14-6-5-9-17(12-14)26(24,25)22-19-11-10-16(21)13-18(19)20(23)15-7-3-2-4-8-15/h2-12,25H,1H3;2-13,25H,1H3;3-13H,1-2H3;2-12,22H,1H3;2-13,22H,1H3/p+1. The number of benzene rings is 15. The van der Waals surface area contributed by atoms with Crippen LogP contribution in [-0.4, -0.2) is 94.8 Å². The summed E-state index contributed by atoms with van der Waals surface area (Å²) in [4.78, 5) is 85.7. The highest BCUT2D eigenvalue weighted by molar-refractivity contribution is 7.95. The smallest absolute Gasteiger partial charge is 0.271 e. The molecular weight excluding hydrogens is 2090 g/mol. The molecule has 26 nitrogen and oxygen atoms in total. The Morgan fingerprint density at radius 3 is 1.08 bits per heavy atom. The number of thiophene rings is 1. The Hall–Kier alpha value is -14.2. The number of carbonyl (C=O) groups excluding carboxylic acids is 5. The fraction of sp³-hybridized carbons (Fsp3) is 0.0673. The van der Waals surface area contributed by atoms with Crippen molar-refractivity contribution in [1.82, 2.24) is 0 Å². The number of hydrogen-bond acceptors (Lipinski definition) is 20. The van der Waals surface area contributed by atoms with Crippen molar-refractivity contribution < 1.29 is 89.3 Å². The predicted octanol–water partition coefficient (Wildman–Crippen LogP) is 25.7. The van der Waals surface area contributed by atoms with Crippen LogP contribution in [0.3, 0.4) is 0 Å². The lowest BCUT2D eigenvalue weighted by Gasteiger charge is -2.18. The van der Waals surface area contributed by atoms with Gasteiger partial charge in [-0.1, -0.05) is 239 Å². The topological polar surface area (TPSA) is 389 Å². The number of alkyl halides is 2. The van der Waals surface area contributed by atoms with Crippen LogP contribution in [0.5, 0.6) is 5.75 Å². The van der Waals surface area contributed by atoms with Crippen LogP contribution in [0.15, 0.2) is 370 Å². The lowest BCUT2D eigenvalue weighted by Crippen LogP contribution is -2.20. The van der Waals surface area contributed by atoms with Crippen molar-refractivity contribution in [3.05, 3.63) is 469 Å². The van der Waals surface area contributed by atoms with Crippen LogP contribution in [0.2, 0.25) is 30.1 Å². The SMILES string of the molecule is CC(F)(F)c1ccccc1S(=O)(=O)Nc1ccc(Cl)cc1C(=O)c1ccccc1.COc1ccccc1C(=O)c1cc(Cl)ccc1NS(=O)(=O)c1ccc([N+](=O)[O-])cc1.Cc1c(S(=O)(=O)Nc2ccc(Cl)cc2C(=O)c2ccccc2)sc2ccc(Cl)cc12.Cc1ccc(S(=O)(=O)Nc2ccc(Cl)cc2C(=O)c2ccccc2)cc1[N+](C)=O.Cc1cccc(S(=O)(=O)Nc2ccc(Cl)cc2C(=O)c2ccccc2)c1. The highest BCUT2D eigenvalue weighted by Gasteiger charge is 2.35. The highest BCUT2D eigenvalue weighted by atomic mass is 35.5. The van der Waals surface area contributed by atoms with Crippen LogP contribution in [0.1, 0.15) is 109 Å².